The van der Waals surface area contributed by atoms with Crippen molar-refractivity contribution in [1.82, 2.24) is 4.72 Å². The lowest BCUT2D eigenvalue weighted by Crippen LogP contribution is -2.23. The van der Waals surface area contributed by atoms with E-state index in [-0.39, 0.29) is 11.4 Å². The fourth-order valence-electron chi connectivity index (χ4n) is 1.87. The van der Waals surface area contributed by atoms with E-state index in [9.17, 15) is 8.42 Å². The molecule has 0 aliphatic heterocycles. The Morgan fingerprint density at radius 2 is 1.76 bits per heavy atom. The Labute approximate surface area is 124 Å². The predicted molar refractivity (Wildman–Crippen MR) is 80.0 cm³/mol. The molecule has 2 rings (SSSR count). The maximum Gasteiger partial charge on any atom is 0.241 e. The molecule has 0 radical (unpaired) electrons. The normalized spacial score (nSPS) is 11.1. The smallest absolute Gasteiger partial charge is 0.241 e. The first-order chi connectivity index (χ1) is 10.1. The summed E-state index contributed by atoms with van der Waals surface area (Å²) in [6.45, 7) is 0.156. The minimum Gasteiger partial charge on any atom is -0.497 e. The van der Waals surface area contributed by atoms with Crippen LogP contribution in [0.4, 0.5) is 0 Å². The van der Waals surface area contributed by atoms with Crippen LogP contribution < -0.4 is 14.2 Å². The number of ether oxygens (including phenoxy) is 2. The molecule has 2 aromatic carbocycles. The molecule has 2 aromatic rings. The van der Waals surface area contributed by atoms with Crippen molar-refractivity contribution in [1.29, 1.82) is 0 Å². The van der Waals surface area contributed by atoms with Gasteiger partial charge in [-0.05, 0) is 18.2 Å². The van der Waals surface area contributed by atoms with Gasteiger partial charge in [-0.25, -0.2) is 13.1 Å². The average Bonchev–Trinajstić information content (AvgIpc) is 2.53. The summed E-state index contributed by atoms with van der Waals surface area (Å²) >= 11 is 0. The molecule has 0 bridgehead atoms. The number of rotatable bonds is 6. The second-order valence-electron chi connectivity index (χ2n) is 4.32. The van der Waals surface area contributed by atoms with Crippen molar-refractivity contribution >= 4 is 10.0 Å². The Morgan fingerprint density at radius 1 is 1.00 bits per heavy atom. The van der Waals surface area contributed by atoms with Crippen LogP contribution in [0, 0.1) is 0 Å². The lowest BCUT2D eigenvalue weighted by Gasteiger charge is -2.10. The monoisotopic (exact) mass is 307 g/mol. The maximum absolute atomic E-state index is 12.3. The first-order valence-corrected chi connectivity index (χ1v) is 7.81. The zero-order valence-electron chi connectivity index (χ0n) is 11.9. The number of nitrogens with one attached hydrogen (secondary N) is 1. The number of para-hydroxylation sites is 1. The highest BCUT2D eigenvalue weighted by molar-refractivity contribution is 7.89. The largest absolute Gasteiger partial charge is 0.497 e. The first-order valence-electron chi connectivity index (χ1n) is 6.32. The number of sulfonamides is 1. The molecule has 0 aliphatic carbocycles. The lowest BCUT2D eigenvalue weighted by atomic mass is 10.2. The van der Waals surface area contributed by atoms with E-state index in [1.165, 1.54) is 19.2 Å². The van der Waals surface area contributed by atoms with Crippen LogP contribution in [0.5, 0.6) is 11.5 Å². The number of methoxy groups -OCH3 is 2. The van der Waals surface area contributed by atoms with Crippen LogP contribution in [0.1, 0.15) is 5.56 Å². The van der Waals surface area contributed by atoms with E-state index in [1.54, 1.807) is 25.3 Å². The van der Waals surface area contributed by atoms with Gasteiger partial charge in [0.05, 0.1) is 19.1 Å². The van der Waals surface area contributed by atoms with E-state index in [1.807, 2.05) is 18.2 Å². The SMILES string of the molecule is COc1cccc(S(=O)(=O)NCc2ccccc2OC)c1. The van der Waals surface area contributed by atoms with Gasteiger partial charge in [-0.2, -0.15) is 0 Å². The highest BCUT2D eigenvalue weighted by Gasteiger charge is 2.15. The molecule has 0 saturated carbocycles. The van der Waals surface area contributed by atoms with Crippen LogP contribution in [0.2, 0.25) is 0 Å². The molecule has 112 valence electrons. The van der Waals surface area contributed by atoms with Crippen molar-refractivity contribution in [2.45, 2.75) is 11.4 Å². The van der Waals surface area contributed by atoms with Gasteiger partial charge in [-0.15, -0.1) is 0 Å². The molecule has 0 aliphatic rings. The van der Waals surface area contributed by atoms with Gasteiger partial charge in [0.1, 0.15) is 11.5 Å². The molecule has 0 aromatic heterocycles. The molecule has 5 nitrogen and oxygen atoms in total. The van der Waals surface area contributed by atoms with Crippen LogP contribution in [-0.4, -0.2) is 22.6 Å². The Morgan fingerprint density at radius 3 is 2.48 bits per heavy atom. The minimum absolute atomic E-state index is 0.156. The van der Waals surface area contributed by atoms with Gasteiger partial charge >= 0.3 is 0 Å². The Kier molecular flexibility index (Phi) is 4.82. The van der Waals surface area contributed by atoms with Gasteiger partial charge < -0.3 is 9.47 Å². The summed E-state index contributed by atoms with van der Waals surface area (Å²) in [5.41, 5.74) is 0.770. The fourth-order valence-corrected chi connectivity index (χ4v) is 2.91. The second kappa shape index (κ2) is 6.60. The summed E-state index contributed by atoms with van der Waals surface area (Å²) in [5.74, 6) is 1.14. The van der Waals surface area contributed by atoms with Gasteiger partial charge in [0.25, 0.3) is 0 Å². The number of hydrogen-bond acceptors (Lipinski definition) is 4. The molecule has 0 amide bonds. The molecule has 21 heavy (non-hydrogen) atoms. The van der Waals surface area contributed by atoms with E-state index in [0.29, 0.717) is 11.5 Å². The Bertz CT molecular complexity index is 713. The molecule has 1 N–H and O–H groups in total. The standard InChI is InChI=1S/C15H17NO4S/c1-19-13-7-5-8-14(10-13)21(17,18)16-11-12-6-3-4-9-15(12)20-2/h3-10,16H,11H2,1-2H3. The molecular formula is C15H17NO4S. The lowest BCUT2D eigenvalue weighted by molar-refractivity contribution is 0.409. The summed E-state index contributed by atoms with van der Waals surface area (Å²) in [4.78, 5) is 0.164. The molecule has 0 fully saturated rings. The molecular weight excluding hydrogens is 290 g/mol. The van der Waals surface area contributed by atoms with E-state index >= 15 is 0 Å². The highest BCUT2D eigenvalue weighted by Crippen LogP contribution is 2.20. The Balaban J connectivity index is 2.18. The zero-order valence-corrected chi connectivity index (χ0v) is 12.7. The maximum atomic E-state index is 12.3. The van der Waals surface area contributed by atoms with Crippen molar-refractivity contribution in [3.05, 3.63) is 54.1 Å². The quantitative estimate of drug-likeness (QED) is 0.888. The van der Waals surface area contributed by atoms with Crippen molar-refractivity contribution in [3.63, 3.8) is 0 Å². The summed E-state index contributed by atoms with van der Waals surface area (Å²) in [6, 6.07) is 13.6. The van der Waals surface area contributed by atoms with Crippen molar-refractivity contribution in [3.8, 4) is 11.5 Å². The Hall–Kier alpha value is -2.05. The molecule has 6 heteroatoms. The summed E-state index contributed by atoms with van der Waals surface area (Å²) in [7, 11) is -0.557. The van der Waals surface area contributed by atoms with Crippen molar-refractivity contribution < 1.29 is 17.9 Å². The van der Waals surface area contributed by atoms with E-state index < -0.39 is 10.0 Å². The summed E-state index contributed by atoms with van der Waals surface area (Å²) in [5, 5.41) is 0. The van der Waals surface area contributed by atoms with Gasteiger partial charge in [0.2, 0.25) is 10.0 Å². The van der Waals surface area contributed by atoms with E-state index in [2.05, 4.69) is 4.72 Å². The van der Waals surface area contributed by atoms with Gasteiger partial charge in [0, 0.05) is 18.2 Å². The fraction of sp³-hybridized carbons (Fsp3) is 0.200. The molecule has 0 atom stereocenters. The summed E-state index contributed by atoms with van der Waals surface area (Å²) < 4.78 is 37.3. The van der Waals surface area contributed by atoms with Crippen molar-refractivity contribution in [2.24, 2.45) is 0 Å². The third-order valence-electron chi connectivity index (χ3n) is 3.00. The van der Waals surface area contributed by atoms with Crippen LogP contribution in [-0.2, 0) is 16.6 Å². The van der Waals surface area contributed by atoms with E-state index in [0.717, 1.165) is 5.56 Å². The highest BCUT2D eigenvalue weighted by atomic mass is 32.2. The third kappa shape index (κ3) is 3.74. The van der Waals surface area contributed by atoms with Crippen LogP contribution in [0.3, 0.4) is 0 Å². The third-order valence-corrected chi connectivity index (χ3v) is 4.40. The second-order valence-corrected chi connectivity index (χ2v) is 6.08. The molecule has 0 heterocycles. The van der Waals surface area contributed by atoms with Gasteiger partial charge in [0.15, 0.2) is 0 Å². The first kappa shape index (κ1) is 15.3. The number of benzene rings is 2. The average molecular weight is 307 g/mol. The summed E-state index contributed by atoms with van der Waals surface area (Å²) in [6.07, 6.45) is 0. The zero-order chi connectivity index (χ0) is 15.3. The minimum atomic E-state index is -3.60. The number of hydrogen-bond donors (Lipinski definition) is 1. The molecule has 0 spiro atoms. The van der Waals surface area contributed by atoms with Crippen molar-refractivity contribution in [2.75, 3.05) is 14.2 Å². The molecule has 0 unspecified atom stereocenters. The van der Waals surface area contributed by atoms with Crippen LogP contribution in [0.25, 0.3) is 0 Å². The van der Waals surface area contributed by atoms with E-state index in [4.69, 9.17) is 9.47 Å². The topological polar surface area (TPSA) is 64.6 Å². The van der Waals surface area contributed by atoms with Crippen LogP contribution >= 0.6 is 0 Å². The van der Waals surface area contributed by atoms with Crippen LogP contribution in [0.15, 0.2) is 53.4 Å². The van der Waals surface area contributed by atoms with Gasteiger partial charge in [-0.1, -0.05) is 24.3 Å². The van der Waals surface area contributed by atoms with Gasteiger partial charge in [-0.3, -0.25) is 0 Å². The molecule has 0 saturated heterocycles. The predicted octanol–water partition coefficient (Wildman–Crippen LogP) is 2.18.